The second kappa shape index (κ2) is 3.97. The molecule has 0 bridgehead atoms. The van der Waals surface area contributed by atoms with Gasteiger partial charge in [0, 0.05) is 6.07 Å². The molecule has 88 valence electrons. The Morgan fingerprint density at radius 1 is 1.24 bits per heavy atom. The maximum atomic E-state index is 13.0. The van der Waals surface area contributed by atoms with Gasteiger partial charge in [0.25, 0.3) is 0 Å². The fourth-order valence-electron chi connectivity index (χ4n) is 1.51. The van der Waals surface area contributed by atoms with Crippen molar-refractivity contribution in [2.75, 3.05) is 0 Å². The minimum atomic E-state index is -1.21. The topological polar surface area (TPSA) is 55.1 Å². The van der Waals surface area contributed by atoms with E-state index in [-0.39, 0.29) is 11.4 Å². The van der Waals surface area contributed by atoms with Crippen LogP contribution in [0.2, 0.25) is 0 Å². The summed E-state index contributed by atoms with van der Waals surface area (Å²) in [4.78, 5) is 10.9. The van der Waals surface area contributed by atoms with Crippen LogP contribution >= 0.6 is 0 Å². The molecule has 0 unspecified atom stereocenters. The summed E-state index contributed by atoms with van der Waals surface area (Å²) in [5.41, 5.74) is 0.340. The number of carboxylic acid groups (broad SMARTS) is 1. The van der Waals surface area contributed by atoms with Gasteiger partial charge in [-0.1, -0.05) is 0 Å². The lowest BCUT2D eigenvalue weighted by molar-refractivity contribution is 0.0687. The highest BCUT2D eigenvalue weighted by atomic mass is 19.1. The predicted molar refractivity (Wildman–Crippen MR) is 55.2 cm³/mol. The van der Waals surface area contributed by atoms with E-state index >= 15 is 0 Å². The average Bonchev–Trinajstić information content (AvgIpc) is 2.59. The van der Waals surface area contributed by atoms with Crippen LogP contribution in [0.4, 0.5) is 8.78 Å². The zero-order valence-electron chi connectivity index (χ0n) is 8.82. The molecule has 0 spiro atoms. The number of nitrogens with zero attached hydrogens (tertiary/aromatic N) is 2. The van der Waals surface area contributed by atoms with E-state index in [2.05, 4.69) is 5.10 Å². The molecule has 0 aliphatic rings. The van der Waals surface area contributed by atoms with Gasteiger partial charge >= 0.3 is 5.97 Å². The van der Waals surface area contributed by atoms with Crippen LogP contribution in [0.3, 0.4) is 0 Å². The Morgan fingerprint density at radius 2 is 1.82 bits per heavy atom. The van der Waals surface area contributed by atoms with E-state index in [1.54, 1.807) is 6.92 Å². The summed E-state index contributed by atoms with van der Waals surface area (Å²) in [6, 6.07) is 4.06. The largest absolute Gasteiger partial charge is 0.477 e. The molecule has 6 heteroatoms. The van der Waals surface area contributed by atoms with Gasteiger partial charge in [-0.15, -0.1) is 0 Å². The molecule has 1 aromatic carbocycles. The first-order valence-corrected chi connectivity index (χ1v) is 4.74. The molecule has 0 fully saturated rings. The fraction of sp³-hybridized carbons (Fsp3) is 0.0909. The third-order valence-corrected chi connectivity index (χ3v) is 2.14. The molecule has 1 N–H and O–H groups in total. The van der Waals surface area contributed by atoms with E-state index in [1.807, 2.05) is 0 Å². The fourth-order valence-corrected chi connectivity index (χ4v) is 1.51. The Balaban J connectivity index is 2.63. The molecule has 0 radical (unpaired) electrons. The molecular weight excluding hydrogens is 230 g/mol. The summed E-state index contributed by atoms with van der Waals surface area (Å²) in [7, 11) is 0. The summed E-state index contributed by atoms with van der Waals surface area (Å²) >= 11 is 0. The first-order chi connectivity index (χ1) is 7.97. The standard InChI is InChI=1S/C11H8F2N2O2/c1-6-2-10(11(16)17)15(14-6)9-4-7(12)3-8(13)5-9/h2-5H,1H3,(H,16,17). The monoisotopic (exact) mass is 238 g/mol. The molecule has 1 heterocycles. The van der Waals surface area contributed by atoms with Gasteiger partial charge in [0.05, 0.1) is 11.4 Å². The smallest absolute Gasteiger partial charge is 0.354 e. The number of aromatic nitrogens is 2. The van der Waals surface area contributed by atoms with Crippen LogP contribution in [0.15, 0.2) is 24.3 Å². The van der Waals surface area contributed by atoms with Crippen molar-refractivity contribution < 1.29 is 18.7 Å². The SMILES string of the molecule is Cc1cc(C(=O)O)n(-c2cc(F)cc(F)c2)n1. The summed E-state index contributed by atoms with van der Waals surface area (Å²) in [5, 5.41) is 12.8. The zero-order valence-corrected chi connectivity index (χ0v) is 8.82. The van der Waals surface area contributed by atoms with E-state index < -0.39 is 17.6 Å². The third kappa shape index (κ3) is 2.15. The molecule has 0 saturated carbocycles. The molecule has 1 aromatic heterocycles. The van der Waals surface area contributed by atoms with Crippen molar-refractivity contribution in [2.45, 2.75) is 6.92 Å². The summed E-state index contributed by atoms with van der Waals surface area (Å²) < 4.78 is 27.0. The van der Waals surface area contributed by atoms with Gasteiger partial charge in [-0.2, -0.15) is 5.10 Å². The van der Waals surface area contributed by atoms with Crippen molar-refractivity contribution in [3.8, 4) is 5.69 Å². The molecule has 0 aliphatic heterocycles. The van der Waals surface area contributed by atoms with Crippen LogP contribution in [0, 0.1) is 18.6 Å². The van der Waals surface area contributed by atoms with Crippen molar-refractivity contribution >= 4 is 5.97 Å². The Bertz CT molecular complexity index is 573. The van der Waals surface area contributed by atoms with E-state index in [9.17, 15) is 13.6 Å². The lowest BCUT2D eigenvalue weighted by Crippen LogP contribution is -2.08. The van der Waals surface area contributed by atoms with E-state index in [4.69, 9.17) is 5.11 Å². The number of halogens is 2. The van der Waals surface area contributed by atoms with Gasteiger partial charge < -0.3 is 5.11 Å². The van der Waals surface area contributed by atoms with Gasteiger partial charge in [0.1, 0.15) is 11.6 Å². The Kier molecular flexibility index (Phi) is 2.63. The highest BCUT2D eigenvalue weighted by Crippen LogP contribution is 2.15. The number of benzene rings is 1. The van der Waals surface area contributed by atoms with Crippen LogP contribution in [-0.4, -0.2) is 20.9 Å². The number of carbonyl (C=O) groups is 1. The molecule has 0 amide bonds. The Morgan fingerprint density at radius 3 is 2.35 bits per heavy atom. The van der Waals surface area contributed by atoms with E-state index in [0.29, 0.717) is 11.8 Å². The van der Waals surface area contributed by atoms with Crippen LogP contribution in [0.1, 0.15) is 16.2 Å². The minimum Gasteiger partial charge on any atom is -0.477 e. The Labute approximate surface area is 95.1 Å². The quantitative estimate of drug-likeness (QED) is 0.872. The van der Waals surface area contributed by atoms with Crippen LogP contribution < -0.4 is 0 Å². The summed E-state index contributed by atoms with van der Waals surface area (Å²) in [6.45, 7) is 1.60. The number of carboxylic acids is 1. The molecule has 0 atom stereocenters. The zero-order chi connectivity index (χ0) is 12.6. The molecule has 0 saturated heterocycles. The average molecular weight is 238 g/mol. The van der Waals surface area contributed by atoms with Crippen molar-refractivity contribution in [3.05, 3.63) is 47.3 Å². The predicted octanol–water partition coefficient (Wildman–Crippen LogP) is 2.16. The molecule has 4 nitrogen and oxygen atoms in total. The summed E-state index contributed by atoms with van der Waals surface area (Å²) in [5.74, 6) is -2.79. The maximum absolute atomic E-state index is 13.0. The van der Waals surface area contributed by atoms with Gasteiger partial charge in [0.15, 0.2) is 5.69 Å². The third-order valence-electron chi connectivity index (χ3n) is 2.14. The van der Waals surface area contributed by atoms with Gasteiger partial charge in [-0.05, 0) is 25.1 Å². The van der Waals surface area contributed by atoms with Crippen LogP contribution in [0.5, 0.6) is 0 Å². The van der Waals surface area contributed by atoms with Crippen molar-refractivity contribution in [1.29, 1.82) is 0 Å². The number of aromatic carboxylic acids is 1. The van der Waals surface area contributed by atoms with Gasteiger partial charge in [-0.25, -0.2) is 18.3 Å². The highest BCUT2D eigenvalue weighted by molar-refractivity contribution is 5.86. The lowest BCUT2D eigenvalue weighted by Gasteiger charge is -2.04. The van der Waals surface area contributed by atoms with Crippen LogP contribution in [-0.2, 0) is 0 Å². The van der Waals surface area contributed by atoms with Gasteiger partial charge in [0.2, 0.25) is 0 Å². The number of aryl methyl sites for hydroxylation is 1. The second-order valence-electron chi connectivity index (χ2n) is 3.52. The first-order valence-electron chi connectivity index (χ1n) is 4.74. The number of hydrogen-bond donors (Lipinski definition) is 1. The highest BCUT2D eigenvalue weighted by Gasteiger charge is 2.15. The first kappa shape index (κ1) is 11.3. The van der Waals surface area contributed by atoms with Crippen molar-refractivity contribution in [3.63, 3.8) is 0 Å². The van der Waals surface area contributed by atoms with E-state index in [1.165, 1.54) is 6.07 Å². The normalized spacial score (nSPS) is 10.5. The molecule has 2 aromatic rings. The number of hydrogen-bond acceptors (Lipinski definition) is 2. The number of rotatable bonds is 2. The van der Waals surface area contributed by atoms with Crippen LogP contribution in [0.25, 0.3) is 5.69 Å². The maximum Gasteiger partial charge on any atom is 0.354 e. The lowest BCUT2D eigenvalue weighted by atomic mass is 10.3. The summed E-state index contributed by atoms with van der Waals surface area (Å²) in [6.07, 6.45) is 0. The minimum absolute atomic E-state index is 0.0352. The van der Waals surface area contributed by atoms with Crippen molar-refractivity contribution in [2.24, 2.45) is 0 Å². The van der Waals surface area contributed by atoms with Crippen molar-refractivity contribution in [1.82, 2.24) is 9.78 Å². The molecule has 2 rings (SSSR count). The van der Waals surface area contributed by atoms with Gasteiger partial charge in [-0.3, -0.25) is 0 Å². The molecule has 0 aliphatic carbocycles. The second-order valence-corrected chi connectivity index (χ2v) is 3.52. The Hall–Kier alpha value is -2.24. The molecule has 17 heavy (non-hydrogen) atoms. The van der Waals surface area contributed by atoms with E-state index in [0.717, 1.165) is 16.8 Å². The molecular formula is C11H8F2N2O2.